The van der Waals surface area contributed by atoms with Gasteiger partial charge in [0.15, 0.2) is 0 Å². The number of ketones is 1. The van der Waals surface area contributed by atoms with E-state index in [0.29, 0.717) is 5.56 Å². The zero-order valence-electron chi connectivity index (χ0n) is 12.5. The number of carbonyl (C=O) groups excluding carboxylic acids is 2. The third-order valence-corrected chi connectivity index (χ3v) is 3.37. The number of rotatable bonds is 7. The van der Waals surface area contributed by atoms with Crippen LogP contribution < -0.4 is 5.32 Å². The minimum Gasteiger partial charge on any atom is -0.342 e. The maximum atomic E-state index is 12.2. The average molecular weight is 297 g/mol. The number of carbonyl (C=O) groups is 2. The highest BCUT2D eigenvalue weighted by atomic mass is 16.2. The lowest BCUT2D eigenvalue weighted by atomic mass is 10.0. The normalized spacial score (nSPS) is 11.7. The second-order valence-electron chi connectivity index (χ2n) is 5.03. The molecule has 2 aromatic rings. The smallest absolute Gasteiger partial charge is 0.292 e. The molecular weight excluding hydrogens is 278 g/mol. The maximum Gasteiger partial charge on any atom is 0.292 e. The molecule has 0 bridgehead atoms. The fourth-order valence-corrected chi connectivity index (χ4v) is 2.16. The predicted molar refractivity (Wildman–Crippen MR) is 83.2 cm³/mol. The van der Waals surface area contributed by atoms with Crippen molar-refractivity contribution in [3.8, 4) is 0 Å². The Hall–Kier alpha value is -2.56. The Labute approximate surface area is 129 Å². The number of amides is 1. The Morgan fingerprint density at radius 3 is 2.45 bits per heavy atom. The summed E-state index contributed by atoms with van der Waals surface area (Å²) in [6.45, 7) is 2.09. The van der Waals surface area contributed by atoms with Gasteiger partial charge in [-0.05, 0) is 30.2 Å². The van der Waals surface area contributed by atoms with Crippen molar-refractivity contribution in [3.63, 3.8) is 0 Å². The van der Waals surface area contributed by atoms with Crippen molar-refractivity contribution in [2.75, 3.05) is 0 Å². The van der Waals surface area contributed by atoms with Crippen LogP contribution in [0.15, 0.2) is 49.1 Å². The van der Waals surface area contributed by atoms with Gasteiger partial charge in [0.25, 0.3) is 11.7 Å². The first-order valence-electron chi connectivity index (χ1n) is 7.37. The van der Waals surface area contributed by atoms with Gasteiger partial charge in [0.2, 0.25) is 0 Å². The van der Waals surface area contributed by atoms with Gasteiger partial charge in [-0.25, -0.2) is 0 Å². The molecule has 0 fully saturated rings. The van der Waals surface area contributed by atoms with Gasteiger partial charge in [0, 0.05) is 30.4 Å². The lowest BCUT2D eigenvalue weighted by Gasteiger charge is -2.18. The van der Waals surface area contributed by atoms with E-state index in [1.807, 2.05) is 12.1 Å². The second kappa shape index (κ2) is 8.02. The van der Waals surface area contributed by atoms with Crippen molar-refractivity contribution in [2.24, 2.45) is 0 Å². The molecule has 2 heterocycles. The van der Waals surface area contributed by atoms with Gasteiger partial charge >= 0.3 is 0 Å². The van der Waals surface area contributed by atoms with E-state index in [1.54, 1.807) is 30.7 Å². The lowest BCUT2D eigenvalue weighted by molar-refractivity contribution is -0.117. The molecule has 0 aliphatic carbocycles. The Bertz CT molecular complexity index is 614. The number of pyridine rings is 2. The molecule has 1 N–H and O–H groups in total. The molecule has 0 saturated carbocycles. The van der Waals surface area contributed by atoms with Gasteiger partial charge in [-0.15, -0.1) is 0 Å². The van der Waals surface area contributed by atoms with E-state index in [4.69, 9.17) is 0 Å². The summed E-state index contributed by atoms with van der Waals surface area (Å²) in [5.41, 5.74) is 1.20. The zero-order valence-corrected chi connectivity index (χ0v) is 12.5. The summed E-state index contributed by atoms with van der Waals surface area (Å²) in [6, 6.07) is 6.74. The van der Waals surface area contributed by atoms with Crippen molar-refractivity contribution in [2.45, 2.75) is 32.2 Å². The molecule has 0 aliphatic heterocycles. The topological polar surface area (TPSA) is 72.0 Å². The molecule has 5 heteroatoms. The summed E-state index contributed by atoms with van der Waals surface area (Å²) >= 11 is 0. The van der Waals surface area contributed by atoms with Crippen LogP contribution in [0.25, 0.3) is 0 Å². The minimum absolute atomic E-state index is 0.207. The van der Waals surface area contributed by atoms with Gasteiger partial charge in [0.1, 0.15) is 0 Å². The van der Waals surface area contributed by atoms with Crippen molar-refractivity contribution in [1.29, 1.82) is 0 Å². The number of nitrogens with one attached hydrogen (secondary N) is 1. The van der Waals surface area contributed by atoms with Gasteiger partial charge < -0.3 is 5.32 Å². The summed E-state index contributed by atoms with van der Waals surface area (Å²) in [5, 5.41) is 2.81. The van der Waals surface area contributed by atoms with Gasteiger partial charge in [0.05, 0.1) is 6.04 Å². The summed E-state index contributed by atoms with van der Waals surface area (Å²) in [4.78, 5) is 32.2. The van der Waals surface area contributed by atoms with Crippen LogP contribution in [0.4, 0.5) is 0 Å². The Morgan fingerprint density at radius 1 is 1.14 bits per heavy atom. The number of Topliss-reactive ketones (excluding diaryl/α,β-unsaturated/α-hetero) is 1. The molecule has 0 aliphatic rings. The first-order valence-corrected chi connectivity index (χ1v) is 7.37. The summed E-state index contributed by atoms with van der Waals surface area (Å²) in [7, 11) is 0. The molecule has 0 saturated heterocycles. The SMILES string of the molecule is CCCC[C@H](NC(=O)C(=O)c1cccnc1)c1cccnc1. The number of nitrogens with zero attached hydrogens (tertiary/aromatic N) is 2. The fraction of sp³-hybridized carbons (Fsp3) is 0.294. The van der Waals surface area contributed by atoms with E-state index in [0.717, 1.165) is 24.8 Å². The fourth-order valence-electron chi connectivity index (χ4n) is 2.16. The van der Waals surface area contributed by atoms with Crippen LogP contribution in [0.5, 0.6) is 0 Å². The van der Waals surface area contributed by atoms with Crippen molar-refractivity contribution in [3.05, 3.63) is 60.2 Å². The number of hydrogen-bond donors (Lipinski definition) is 1. The molecule has 0 unspecified atom stereocenters. The highest BCUT2D eigenvalue weighted by Gasteiger charge is 2.21. The second-order valence-corrected chi connectivity index (χ2v) is 5.03. The Kier molecular flexibility index (Phi) is 5.77. The highest BCUT2D eigenvalue weighted by molar-refractivity contribution is 6.42. The van der Waals surface area contributed by atoms with Crippen molar-refractivity contribution >= 4 is 11.7 Å². The molecule has 2 rings (SSSR count). The van der Waals surface area contributed by atoms with Gasteiger partial charge in [-0.2, -0.15) is 0 Å². The Balaban J connectivity index is 2.09. The van der Waals surface area contributed by atoms with Crippen LogP contribution in [-0.2, 0) is 4.79 Å². The van der Waals surface area contributed by atoms with E-state index < -0.39 is 11.7 Å². The van der Waals surface area contributed by atoms with E-state index in [1.165, 1.54) is 6.20 Å². The Morgan fingerprint density at radius 2 is 1.86 bits per heavy atom. The monoisotopic (exact) mass is 297 g/mol. The molecule has 0 aromatic carbocycles. The van der Waals surface area contributed by atoms with Crippen LogP contribution in [0.3, 0.4) is 0 Å². The molecule has 1 amide bonds. The quantitative estimate of drug-likeness (QED) is 0.630. The van der Waals surface area contributed by atoms with Gasteiger partial charge in [-0.1, -0.05) is 25.8 Å². The zero-order chi connectivity index (χ0) is 15.8. The van der Waals surface area contributed by atoms with E-state index in [2.05, 4.69) is 22.2 Å². The largest absolute Gasteiger partial charge is 0.342 e. The van der Waals surface area contributed by atoms with E-state index in [9.17, 15) is 9.59 Å². The molecule has 0 spiro atoms. The molecule has 0 radical (unpaired) electrons. The molecule has 114 valence electrons. The minimum atomic E-state index is -0.613. The molecule has 2 aromatic heterocycles. The maximum absolute atomic E-state index is 12.2. The lowest BCUT2D eigenvalue weighted by Crippen LogP contribution is -2.34. The summed E-state index contributed by atoms with van der Waals surface area (Å²) < 4.78 is 0. The van der Waals surface area contributed by atoms with Crippen LogP contribution in [0, 0.1) is 0 Å². The molecular formula is C17H19N3O2. The third kappa shape index (κ3) is 4.22. The van der Waals surface area contributed by atoms with Crippen LogP contribution in [-0.4, -0.2) is 21.7 Å². The molecule has 5 nitrogen and oxygen atoms in total. The van der Waals surface area contributed by atoms with E-state index >= 15 is 0 Å². The third-order valence-electron chi connectivity index (χ3n) is 3.37. The molecule has 1 atom stereocenters. The van der Waals surface area contributed by atoms with Crippen molar-refractivity contribution < 1.29 is 9.59 Å². The number of aromatic nitrogens is 2. The van der Waals surface area contributed by atoms with E-state index in [-0.39, 0.29) is 6.04 Å². The first kappa shape index (κ1) is 15.8. The number of hydrogen-bond acceptors (Lipinski definition) is 4. The predicted octanol–water partition coefficient (Wildman–Crippen LogP) is 2.71. The van der Waals surface area contributed by atoms with Crippen LogP contribution in [0.1, 0.15) is 48.1 Å². The van der Waals surface area contributed by atoms with Crippen LogP contribution in [0.2, 0.25) is 0 Å². The number of unbranched alkanes of at least 4 members (excludes halogenated alkanes) is 1. The average Bonchev–Trinajstić information content (AvgIpc) is 2.59. The van der Waals surface area contributed by atoms with Gasteiger partial charge in [-0.3, -0.25) is 19.6 Å². The summed E-state index contributed by atoms with van der Waals surface area (Å²) in [6.07, 6.45) is 9.11. The first-order chi connectivity index (χ1) is 10.7. The standard InChI is InChI=1S/C17H19N3O2/c1-2-3-8-15(13-6-4-9-18-11-13)20-17(22)16(21)14-7-5-10-19-12-14/h4-7,9-12,15H,2-3,8H2,1H3,(H,20,22)/t15-/m0/s1. The van der Waals surface area contributed by atoms with Crippen molar-refractivity contribution in [1.82, 2.24) is 15.3 Å². The molecule has 22 heavy (non-hydrogen) atoms. The summed E-state index contributed by atoms with van der Waals surface area (Å²) in [5.74, 6) is -1.18. The van der Waals surface area contributed by atoms with Crippen LogP contribution >= 0.6 is 0 Å². The highest BCUT2D eigenvalue weighted by Crippen LogP contribution is 2.18.